The molecule has 0 saturated heterocycles. The Balaban J connectivity index is 2.02. The van der Waals surface area contributed by atoms with Crippen molar-refractivity contribution in [1.82, 2.24) is 0 Å². The lowest BCUT2D eigenvalue weighted by molar-refractivity contribution is -0.118. The van der Waals surface area contributed by atoms with Gasteiger partial charge in [0.15, 0.2) is 6.61 Å². The number of aryl methyl sites for hydroxylation is 2. The number of rotatable bonds is 4. The summed E-state index contributed by atoms with van der Waals surface area (Å²) in [5, 5.41) is 3.72. The van der Waals surface area contributed by atoms with E-state index in [4.69, 9.17) is 33.7 Å². The molecule has 0 heterocycles. The molecule has 2 rings (SSSR count). The number of carbonyl (C=O) groups excluding carboxylic acids is 1. The van der Waals surface area contributed by atoms with Gasteiger partial charge in [0.2, 0.25) is 0 Å². The summed E-state index contributed by atoms with van der Waals surface area (Å²) in [6.45, 7) is 3.62. The number of carbonyl (C=O) groups is 1. The molecule has 0 spiro atoms. The van der Waals surface area contributed by atoms with Crippen molar-refractivity contribution in [3.8, 4) is 5.75 Å². The molecule has 3 N–H and O–H groups in total. The molecule has 2 aromatic carbocycles. The van der Waals surface area contributed by atoms with Crippen LogP contribution in [-0.4, -0.2) is 12.5 Å². The van der Waals surface area contributed by atoms with Crippen LogP contribution >= 0.6 is 23.2 Å². The zero-order chi connectivity index (χ0) is 16.3. The van der Waals surface area contributed by atoms with E-state index in [1.807, 2.05) is 13.8 Å². The quantitative estimate of drug-likeness (QED) is 0.820. The number of para-hydroxylation sites is 1. The lowest BCUT2D eigenvalue weighted by atomic mass is 10.1. The maximum Gasteiger partial charge on any atom is 0.262 e. The fourth-order valence-electron chi connectivity index (χ4n) is 1.99. The van der Waals surface area contributed by atoms with Crippen LogP contribution in [0.15, 0.2) is 30.3 Å². The highest BCUT2D eigenvalue weighted by Crippen LogP contribution is 2.28. The van der Waals surface area contributed by atoms with E-state index < -0.39 is 0 Å². The van der Waals surface area contributed by atoms with Gasteiger partial charge in [0, 0.05) is 5.02 Å². The van der Waals surface area contributed by atoms with E-state index in [9.17, 15) is 4.79 Å². The lowest BCUT2D eigenvalue weighted by Crippen LogP contribution is -2.21. The molecule has 0 atom stereocenters. The Morgan fingerprint density at radius 3 is 2.45 bits per heavy atom. The molecule has 116 valence electrons. The van der Waals surface area contributed by atoms with Crippen molar-refractivity contribution in [1.29, 1.82) is 0 Å². The van der Waals surface area contributed by atoms with Crippen molar-refractivity contribution >= 4 is 40.5 Å². The number of ether oxygens (including phenoxy) is 1. The van der Waals surface area contributed by atoms with Crippen molar-refractivity contribution in [3.05, 3.63) is 51.5 Å². The predicted octanol–water partition coefficient (Wildman–Crippen LogP) is 4.21. The predicted molar refractivity (Wildman–Crippen MR) is 90.9 cm³/mol. The van der Waals surface area contributed by atoms with Crippen LogP contribution in [0.2, 0.25) is 10.0 Å². The molecule has 0 aliphatic carbocycles. The van der Waals surface area contributed by atoms with Crippen LogP contribution < -0.4 is 15.8 Å². The second-order valence-corrected chi connectivity index (χ2v) is 5.70. The van der Waals surface area contributed by atoms with E-state index in [2.05, 4.69) is 5.32 Å². The van der Waals surface area contributed by atoms with Crippen LogP contribution in [0.1, 0.15) is 11.1 Å². The minimum Gasteiger partial charge on any atom is -0.484 e. The number of anilines is 2. The third kappa shape index (κ3) is 3.84. The van der Waals surface area contributed by atoms with Crippen molar-refractivity contribution in [2.75, 3.05) is 17.7 Å². The van der Waals surface area contributed by atoms with Crippen LogP contribution in [0.4, 0.5) is 11.4 Å². The molecule has 0 aromatic heterocycles. The van der Waals surface area contributed by atoms with Gasteiger partial charge in [-0.15, -0.1) is 0 Å². The number of hydrogen-bond donors (Lipinski definition) is 2. The highest BCUT2D eigenvalue weighted by atomic mass is 35.5. The first-order valence-corrected chi connectivity index (χ1v) is 7.37. The number of nitrogens with one attached hydrogen (secondary N) is 1. The maximum atomic E-state index is 12.0. The zero-order valence-corrected chi connectivity index (χ0v) is 13.8. The summed E-state index contributed by atoms with van der Waals surface area (Å²) >= 11 is 12.1. The molecule has 2 aromatic rings. The van der Waals surface area contributed by atoms with Crippen LogP contribution in [0.3, 0.4) is 0 Å². The van der Waals surface area contributed by atoms with Gasteiger partial charge in [-0.1, -0.05) is 29.3 Å². The number of benzene rings is 2. The smallest absolute Gasteiger partial charge is 0.262 e. The van der Waals surface area contributed by atoms with E-state index in [-0.39, 0.29) is 12.5 Å². The Hall–Kier alpha value is -1.91. The molecular weight excluding hydrogens is 323 g/mol. The van der Waals surface area contributed by atoms with Gasteiger partial charge in [-0.25, -0.2) is 0 Å². The van der Waals surface area contributed by atoms with Gasteiger partial charge in [-0.05, 0) is 49.2 Å². The summed E-state index contributed by atoms with van der Waals surface area (Å²) in [5.74, 6) is 0.242. The third-order valence-corrected chi connectivity index (χ3v) is 4.00. The second kappa shape index (κ2) is 6.90. The Morgan fingerprint density at radius 1 is 1.23 bits per heavy atom. The van der Waals surface area contributed by atoms with E-state index in [1.54, 1.807) is 30.3 Å². The van der Waals surface area contributed by atoms with Crippen LogP contribution in [0.5, 0.6) is 5.75 Å². The third-order valence-electron chi connectivity index (χ3n) is 3.09. The summed E-state index contributed by atoms with van der Waals surface area (Å²) in [5.41, 5.74) is 8.36. The first kappa shape index (κ1) is 16.5. The topological polar surface area (TPSA) is 64.3 Å². The standard InChI is InChI=1S/C16H16Cl2N2O2/c1-9-6-11(7-10(2)15(9)18)22-8-14(21)20-16-12(17)4-3-5-13(16)19/h3-7H,8,19H2,1-2H3,(H,20,21). The lowest BCUT2D eigenvalue weighted by Gasteiger charge is -2.12. The van der Waals surface area contributed by atoms with Gasteiger partial charge in [0.25, 0.3) is 5.91 Å². The van der Waals surface area contributed by atoms with E-state index in [0.717, 1.165) is 11.1 Å². The summed E-state index contributed by atoms with van der Waals surface area (Å²) in [7, 11) is 0. The van der Waals surface area contributed by atoms with Gasteiger partial charge in [0.1, 0.15) is 5.75 Å². The minimum absolute atomic E-state index is 0.148. The van der Waals surface area contributed by atoms with Crippen LogP contribution in [-0.2, 0) is 4.79 Å². The molecule has 0 fully saturated rings. The van der Waals surface area contributed by atoms with E-state index >= 15 is 0 Å². The molecule has 0 aliphatic heterocycles. The van der Waals surface area contributed by atoms with Crippen molar-refractivity contribution < 1.29 is 9.53 Å². The highest BCUT2D eigenvalue weighted by molar-refractivity contribution is 6.34. The average molecular weight is 339 g/mol. The second-order valence-electron chi connectivity index (χ2n) is 4.91. The van der Waals surface area contributed by atoms with Gasteiger partial charge >= 0.3 is 0 Å². The summed E-state index contributed by atoms with van der Waals surface area (Å²) in [4.78, 5) is 12.0. The number of amides is 1. The maximum absolute atomic E-state index is 12.0. The number of halogens is 2. The van der Waals surface area contributed by atoms with Gasteiger partial charge in [-0.2, -0.15) is 0 Å². The normalized spacial score (nSPS) is 10.4. The zero-order valence-electron chi connectivity index (χ0n) is 12.2. The first-order valence-electron chi connectivity index (χ1n) is 6.62. The fraction of sp³-hybridized carbons (Fsp3) is 0.188. The van der Waals surface area contributed by atoms with Crippen molar-refractivity contribution in [3.63, 3.8) is 0 Å². The minimum atomic E-state index is -0.343. The van der Waals surface area contributed by atoms with E-state index in [0.29, 0.717) is 27.2 Å². The molecular formula is C16H16Cl2N2O2. The average Bonchev–Trinajstić information content (AvgIpc) is 2.46. The molecule has 4 nitrogen and oxygen atoms in total. The van der Waals surface area contributed by atoms with Gasteiger partial charge < -0.3 is 15.8 Å². The summed E-state index contributed by atoms with van der Waals surface area (Å²) in [6, 6.07) is 8.59. The molecule has 1 amide bonds. The van der Waals surface area contributed by atoms with Gasteiger partial charge in [0.05, 0.1) is 16.4 Å². The van der Waals surface area contributed by atoms with E-state index in [1.165, 1.54) is 0 Å². The first-order chi connectivity index (χ1) is 10.4. The largest absolute Gasteiger partial charge is 0.484 e. The Labute approximate surface area is 139 Å². The number of nitrogens with two attached hydrogens (primary N) is 1. The van der Waals surface area contributed by atoms with Crippen LogP contribution in [0, 0.1) is 13.8 Å². The Bertz CT molecular complexity index is 674. The Morgan fingerprint density at radius 2 is 1.86 bits per heavy atom. The molecule has 0 radical (unpaired) electrons. The molecule has 22 heavy (non-hydrogen) atoms. The Kier molecular flexibility index (Phi) is 5.16. The summed E-state index contributed by atoms with van der Waals surface area (Å²) in [6.07, 6.45) is 0. The van der Waals surface area contributed by atoms with Gasteiger partial charge in [-0.3, -0.25) is 4.79 Å². The number of nitrogen functional groups attached to an aromatic ring is 1. The molecule has 0 unspecified atom stereocenters. The molecule has 0 aliphatic rings. The molecule has 0 saturated carbocycles. The molecule has 6 heteroatoms. The fourth-order valence-corrected chi connectivity index (χ4v) is 2.32. The number of hydrogen-bond acceptors (Lipinski definition) is 3. The summed E-state index contributed by atoms with van der Waals surface area (Å²) < 4.78 is 5.48. The monoisotopic (exact) mass is 338 g/mol. The highest BCUT2D eigenvalue weighted by Gasteiger charge is 2.10. The molecule has 0 bridgehead atoms. The van der Waals surface area contributed by atoms with Crippen molar-refractivity contribution in [2.45, 2.75) is 13.8 Å². The van der Waals surface area contributed by atoms with Crippen LogP contribution in [0.25, 0.3) is 0 Å². The SMILES string of the molecule is Cc1cc(OCC(=O)Nc2c(N)cccc2Cl)cc(C)c1Cl. The van der Waals surface area contributed by atoms with Crippen molar-refractivity contribution in [2.24, 2.45) is 0 Å².